The third kappa shape index (κ3) is 10.8. The lowest BCUT2D eigenvalue weighted by Gasteiger charge is -2.20. The van der Waals surface area contributed by atoms with Crippen LogP contribution in [0.4, 0.5) is 0 Å². The molecule has 1 saturated heterocycles. The van der Waals surface area contributed by atoms with Gasteiger partial charge in [0, 0.05) is 44.8 Å². The average molecular weight is 561 g/mol. The Morgan fingerprint density at radius 3 is 2.78 bits per heavy atom. The van der Waals surface area contributed by atoms with E-state index in [-0.39, 0.29) is 24.0 Å². The van der Waals surface area contributed by atoms with Gasteiger partial charge in [-0.25, -0.2) is 4.99 Å². The summed E-state index contributed by atoms with van der Waals surface area (Å²) in [5, 5.41) is 6.69. The molecule has 1 aromatic carbocycles. The van der Waals surface area contributed by atoms with Gasteiger partial charge in [0.15, 0.2) is 5.96 Å². The summed E-state index contributed by atoms with van der Waals surface area (Å²) in [5.41, 5.74) is 2.21. The van der Waals surface area contributed by atoms with E-state index < -0.39 is 0 Å². The fourth-order valence-corrected chi connectivity index (χ4v) is 3.54. The molecule has 7 nitrogen and oxygen atoms in total. The van der Waals surface area contributed by atoms with Gasteiger partial charge in [-0.1, -0.05) is 18.6 Å². The number of aryl methyl sites for hydroxylation is 1. The molecule has 0 saturated carbocycles. The van der Waals surface area contributed by atoms with Crippen molar-refractivity contribution in [3.8, 4) is 5.75 Å². The predicted octanol–water partition coefficient (Wildman–Crippen LogP) is 3.88. The van der Waals surface area contributed by atoms with E-state index in [0.29, 0.717) is 38.7 Å². The van der Waals surface area contributed by atoms with Gasteiger partial charge in [-0.3, -0.25) is 4.79 Å². The molecule has 0 aromatic heterocycles. The van der Waals surface area contributed by atoms with Gasteiger partial charge in [0.25, 0.3) is 0 Å². The molecule has 1 aliphatic heterocycles. The van der Waals surface area contributed by atoms with Crippen LogP contribution >= 0.6 is 24.0 Å². The summed E-state index contributed by atoms with van der Waals surface area (Å²) in [4.78, 5) is 18.9. The smallest absolute Gasteiger partial charge is 0.222 e. The molecule has 1 aliphatic rings. The monoisotopic (exact) mass is 560 g/mol. The molecular weight excluding hydrogens is 519 g/mol. The van der Waals surface area contributed by atoms with Crippen LogP contribution in [0.1, 0.15) is 57.1 Å². The lowest BCUT2D eigenvalue weighted by atomic mass is 10.1. The van der Waals surface area contributed by atoms with Crippen molar-refractivity contribution in [3.05, 3.63) is 29.3 Å². The lowest BCUT2D eigenvalue weighted by Crippen LogP contribution is -2.39. The topological polar surface area (TPSA) is 75.2 Å². The molecule has 32 heavy (non-hydrogen) atoms. The number of hydrogen-bond donors (Lipinski definition) is 2. The van der Waals surface area contributed by atoms with Crippen molar-refractivity contribution in [2.24, 2.45) is 4.99 Å². The number of nitrogens with one attached hydrogen (secondary N) is 2. The minimum absolute atomic E-state index is 0. The first-order valence-electron chi connectivity index (χ1n) is 11.7. The maximum atomic E-state index is 12.1. The van der Waals surface area contributed by atoms with Crippen molar-refractivity contribution in [2.75, 3.05) is 46.0 Å². The quantitative estimate of drug-likeness (QED) is 0.176. The van der Waals surface area contributed by atoms with Gasteiger partial charge in [-0.05, 0) is 51.7 Å². The highest BCUT2D eigenvalue weighted by Gasteiger charge is 2.15. The average Bonchev–Trinajstić information content (AvgIpc) is 2.97. The molecule has 0 spiro atoms. The highest BCUT2D eigenvalue weighted by atomic mass is 127. The number of guanidine groups is 1. The van der Waals surface area contributed by atoms with Crippen LogP contribution in [-0.4, -0.2) is 62.8 Å². The van der Waals surface area contributed by atoms with Crippen molar-refractivity contribution >= 4 is 35.8 Å². The summed E-state index contributed by atoms with van der Waals surface area (Å²) < 4.78 is 11.3. The summed E-state index contributed by atoms with van der Waals surface area (Å²) >= 11 is 0. The molecule has 0 radical (unpaired) electrons. The molecule has 0 atom stereocenters. The van der Waals surface area contributed by atoms with Gasteiger partial charge in [0.2, 0.25) is 5.91 Å². The number of carbonyl (C=O) groups is 1. The Kier molecular flexibility index (Phi) is 15.1. The van der Waals surface area contributed by atoms with E-state index in [4.69, 9.17) is 14.5 Å². The van der Waals surface area contributed by atoms with Gasteiger partial charge in [-0.2, -0.15) is 0 Å². The standard InChI is InChI=1S/C24H40N4O3.HI/c1-4-25-24(26-13-9-15-28-14-8-6-7-10-23(28)29)27-19-21-12-11-20(3)18-22(21)31-17-16-30-5-2;/h11-12,18H,4-10,13-17,19H2,1-3H3,(H2,25,26,27);1H. The van der Waals surface area contributed by atoms with E-state index in [9.17, 15) is 4.79 Å². The molecule has 8 heteroatoms. The Labute approximate surface area is 210 Å². The number of nitrogens with zero attached hydrogens (tertiary/aromatic N) is 2. The second-order valence-electron chi connectivity index (χ2n) is 7.82. The van der Waals surface area contributed by atoms with Crippen molar-refractivity contribution in [1.82, 2.24) is 15.5 Å². The fraction of sp³-hybridized carbons (Fsp3) is 0.667. The first-order valence-corrected chi connectivity index (χ1v) is 11.7. The molecule has 182 valence electrons. The number of amides is 1. The number of ether oxygens (including phenoxy) is 2. The van der Waals surface area contributed by atoms with E-state index in [1.54, 1.807) is 0 Å². The highest BCUT2D eigenvalue weighted by molar-refractivity contribution is 14.0. The number of benzene rings is 1. The third-order valence-electron chi connectivity index (χ3n) is 5.23. The van der Waals surface area contributed by atoms with Crippen LogP contribution in [-0.2, 0) is 16.1 Å². The lowest BCUT2D eigenvalue weighted by molar-refractivity contribution is -0.130. The molecule has 2 N–H and O–H groups in total. The van der Waals surface area contributed by atoms with Crippen LogP contribution in [0, 0.1) is 6.92 Å². The number of rotatable bonds is 12. The van der Waals surface area contributed by atoms with E-state index >= 15 is 0 Å². The van der Waals surface area contributed by atoms with Gasteiger partial charge in [0.1, 0.15) is 12.4 Å². The van der Waals surface area contributed by atoms with Crippen LogP contribution in [0.5, 0.6) is 5.75 Å². The van der Waals surface area contributed by atoms with Crippen LogP contribution in [0.25, 0.3) is 0 Å². The Hall–Kier alpha value is -1.55. The predicted molar refractivity (Wildman–Crippen MR) is 141 cm³/mol. The normalized spacial score (nSPS) is 14.5. The summed E-state index contributed by atoms with van der Waals surface area (Å²) in [6.07, 6.45) is 4.92. The van der Waals surface area contributed by atoms with Crippen LogP contribution in [0.15, 0.2) is 23.2 Å². The SMILES string of the molecule is CCNC(=NCc1ccc(C)cc1OCCOCC)NCCCN1CCCCCC1=O.I. The zero-order chi connectivity index (χ0) is 22.3. The van der Waals surface area contributed by atoms with Crippen LogP contribution in [0.3, 0.4) is 0 Å². The van der Waals surface area contributed by atoms with Crippen molar-refractivity contribution in [3.63, 3.8) is 0 Å². The number of likely N-dealkylation sites (tertiary alicyclic amines) is 1. The van der Waals surface area contributed by atoms with E-state index in [2.05, 4.69) is 42.7 Å². The largest absolute Gasteiger partial charge is 0.491 e. The second kappa shape index (κ2) is 17.0. The summed E-state index contributed by atoms with van der Waals surface area (Å²) in [6, 6.07) is 6.21. The molecule has 0 aliphatic carbocycles. The Morgan fingerprint density at radius 2 is 2.00 bits per heavy atom. The summed E-state index contributed by atoms with van der Waals surface area (Å²) in [6.45, 7) is 11.7. The minimum atomic E-state index is 0. The Morgan fingerprint density at radius 1 is 1.16 bits per heavy atom. The molecule has 1 aromatic rings. The summed E-state index contributed by atoms with van der Waals surface area (Å²) in [5.74, 6) is 1.94. The van der Waals surface area contributed by atoms with Crippen molar-refractivity contribution in [2.45, 2.75) is 59.4 Å². The molecule has 0 bridgehead atoms. The van der Waals surface area contributed by atoms with Crippen molar-refractivity contribution < 1.29 is 14.3 Å². The summed E-state index contributed by atoms with van der Waals surface area (Å²) in [7, 11) is 0. The molecule has 1 fully saturated rings. The molecule has 1 heterocycles. The number of carbonyl (C=O) groups excluding carboxylic acids is 1. The van der Waals surface area contributed by atoms with Crippen LogP contribution < -0.4 is 15.4 Å². The zero-order valence-electron chi connectivity index (χ0n) is 20.0. The molecule has 1 amide bonds. The van der Waals surface area contributed by atoms with Crippen molar-refractivity contribution in [1.29, 1.82) is 0 Å². The van der Waals surface area contributed by atoms with E-state index in [1.165, 1.54) is 0 Å². The highest BCUT2D eigenvalue weighted by Crippen LogP contribution is 2.21. The van der Waals surface area contributed by atoms with Gasteiger partial charge < -0.3 is 25.0 Å². The second-order valence-corrected chi connectivity index (χ2v) is 7.82. The Balaban J connectivity index is 0.00000512. The maximum Gasteiger partial charge on any atom is 0.222 e. The minimum Gasteiger partial charge on any atom is -0.491 e. The molecule has 2 rings (SSSR count). The number of halogens is 1. The van der Waals surface area contributed by atoms with Gasteiger partial charge in [0.05, 0.1) is 13.2 Å². The maximum absolute atomic E-state index is 12.1. The van der Waals surface area contributed by atoms with Gasteiger partial charge in [-0.15, -0.1) is 24.0 Å². The first kappa shape index (κ1) is 28.5. The number of hydrogen-bond acceptors (Lipinski definition) is 4. The van der Waals surface area contributed by atoms with Gasteiger partial charge >= 0.3 is 0 Å². The van der Waals surface area contributed by atoms with E-state index in [0.717, 1.165) is 74.7 Å². The molecule has 0 unspecified atom stereocenters. The fourth-order valence-electron chi connectivity index (χ4n) is 3.54. The molecular formula is C24H41IN4O3. The third-order valence-corrected chi connectivity index (χ3v) is 5.23. The van der Waals surface area contributed by atoms with E-state index in [1.807, 2.05) is 11.8 Å². The number of aliphatic imine (C=N–C) groups is 1. The van der Waals surface area contributed by atoms with Crippen LogP contribution in [0.2, 0.25) is 0 Å². The zero-order valence-corrected chi connectivity index (χ0v) is 22.3. The Bertz CT molecular complexity index is 700. The first-order chi connectivity index (χ1) is 15.1.